The molecular formula is C25H24Cl2N4O3. The van der Waals surface area contributed by atoms with Crippen LogP contribution in [0.1, 0.15) is 40.9 Å². The third-order valence-electron chi connectivity index (χ3n) is 6.45. The number of carbonyl (C=O) groups is 1. The molecule has 7 nitrogen and oxygen atoms in total. The minimum Gasteiger partial charge on any atom is -0.495 e. The molecule has 1 aliphatic heterocycles. The van der Waals surface area contributed by atoms with Crippen molar-refractivity contribution >= 4 is 35.1 Å². The molecule has 0 atom stereocenters. The van der Waals surface area contributed by atoms with Crippen LogP contribution in [-0.4, -0.2) is 40.1 Å². The molecule has 1 fully saturated rings. The molecular weight excluding hydrogens is 475 g/mol. The zero-order valence-electron chi connectivity index (χ0n) is 18.7. The van der Waals surface area contributed by atoms with Crippen molar-refractivity contribution in [2.24, 2.45) is 0 Å². The van der Waals surface area contributed by atoms with E-state index in [2.05, 4.69) is 5.32 Å². The highest BCUT2D eigenvalue weighted by Crippen LogP contribution is 2.29. The Hall–Kier alpha value is -3.03. The number of amides is 1. The second-order valence-corrected chi connectivity index (χ2v) is 9.37. The Balaban J connectivity index is 1.54. The first-order valence-corrected chi connectivity index (χ1v) is 12.0. The molecule has 9 heteroatoms. The second kappa shape index (κ2) is 9.31. The van der Waals surface area contributed by atoms with Crippen molar-refractivity contribution in [1.29, 1.82) is 0 Å². The van der Waals surface area contributed by atoms with Gasteiger partial charge in [-0.25, -0.2) is 9.55 Å². The Morgan fingerprint density at radius 2 is 1.94 bits per heavy atom. The van der Waals surface area contributed by atoms with Crippen LogP contribution in [0.2, 0.25) is 10.0 Å². The minimum atomic E-state index is -0.173. The SMILES string of the molecule is COc1ccccc1-n1c(NC2CCC2)nc2c(c1=O)CCN(C(=O)c1ccc(Cl)c(Cl)c1)C2. The predicted molar refractivity (Wildman–Crippen MR) is 133 cm³/mol. The van der Waals surface area contributed by atoms with Crippen LogP contribution in [0.25, 0.3) is 5.69 Å². The van der Waals surface area contributed by atoms with Gasteiger partial charge >= 0.3 is 0 Å². The largest absolute Gasteiger partial charge is 0.495 e. The first-order valence-electron chi connectivity index (χ1n) is 11.3. The van der Waals surface area contributed by atoms with E-state index in [1.807, 2.05) is 24.3 Å². The third kappa shape index (κ3) is 4.14. The maximum absolute atomic E-state index is 13.7. The van der Waals surface area contributed by atoms with E-state index in [0.717, 1.165) is 19.3 Å². The third-order valence-corrected chi connectivity index (χ3v) is 7.19. The van der Waals surface area contributed by atoms with Crippen LogP contribution in [0.4, 0.5) is 5.95 Å². The Morgan fingerprint density at radius 3 is 2.65 bits per heavy atom. The molecule has 2 aliphatic rings. The first kappa shape index (κ1) is 22.7. The molecule has 1 N–H and O–H groups in total. The lowest BCUT2D eigenvalue weighted by Gasteiger charge is -2.31. The van der Waals surface area contributed by atoms with Crippen molar-refractivity contribution in [3.8, 4) is 11.4 Å². The lowest BCUT2D eigenvalue weighted by atomic mass is 9.93. The summed E-state index contributed by atoms with van der Waals surface area (Å²) in [5.41, 5.74) is 2.17. The van der Waals surface area contributed by atoms with E-state index in [1.54, 1.807) is 34.8 Å². The Morgan fingerprint density at radius 1 is 1.15 bits per heavy atom. The molecule has 1 aliphatic carbocycles. The van der Waals surface area contributed by atoms with Crippen molar-refractivity contribution in [2.45, 2.75) is 38.3 Å². The van der Waals surface area contributed by atoms with Gasteiger partial charge in [-0.2, -0.15) is 0 Å². The summed E-state index contributed by atoms with van der Waals surface area (Å²) in [4.78, 5) is 33.4. The molecule has 1 aromatic heterocycles. The molecule has 5 rings (SSSR count). The number of anilines is 1. The van der Waals surface area contributed by atoms with Crippen molar-refractivity contribution in [3.05, 3.63) is 79.7 Å². The van der Waals surface area contributed by atoms with Gasteiger partial charge in [0.05, 0.1) is 35.1 Å². The molecule has 2 heterocycles. The van der Waals surface area contributed by atoms with Gasteiger partial charge in [-0.05, 0) is 56.0 Å². The fourth-order valence-electron chi connectivity index (χ4n) is 4.34. The molecule has 176 valence electrons. The monoisotopic (exact) mass is 498 g/mol. The smallest absolute Gasteiger partial charge is 0.263 e. The summed E-state index contributed by atoms with van der Waals surface area (Å²) in [6.07, 6.45) is 3.61. The van der Waals surface area contributed by atoms with Gasteiger partial charge in [-0.1, -0.05) is 35.3 Å². The Kier molecular flexibility index (Phi) is 6.23. The van der Waals surface area contributed by atoms with Gasteiger partial charge in [-0.15, -0.1) is 0 Å². The summed E-state index contributed by atoms with van der Waals surface area (Å²) in [6.45, 7) is 0.653. The number of fused-ring (bicyclic) bond motifs is 1. The molecule has 1 saturated carbocycles. The summed E-state index contributed by atoms with van der Waals surface area (Å²) in [6, 6.07) is 12.5. The average molecular weight is 499 g/mol. The number of para-hydroxylation sites is 2. The summed E-state index contributed by atoms with van der Waals surface area (Å²) < 4.78 is 7.13. The number of nitrogens with zero attached hydrogens (tertiary/aromatic N) is 3. The number of benzene rings is 2. The van der Waals surface area contributed by atoms with Gasteiger partial charge in [-0.3, -0.25) is 9.59 Å². The van der Waals surface area contributed by atoms with Gasteiger partial charge in [0.25, 0.3) is 11.5 Å². The quantitative estimate of drug-likeness (QED) is 0.551. The van der Waals surface area contributed by atoms with Crippen LogP contribution >= 0.6 is 23.2 Å². The number of hydrogen-bond acceptors (Lipinski definition) is 5. The predicted octanol–water partition coefficient (Wildman–Crippen LogP) is 4.71. The van der Waals surface area contributed by atoms with E-state index in [1.165, 1.54) is 0 Å². The maximum atomic E-state index is 13.7. The van der Waals surface area contributed by atoms with Crippen LogP contribution < -0.4 is 15.6 Å². The fraction of sp³-hybridized carbons (Fsp3) is 0.320. The number of nitrogens with one attached hydrogen (secondary N) is 1. The van der Waals surface area contributed by atoms with E-state index < -0.39 is 0 Å². The molecule has 0 saturated heterocycles. The molecule has 0 spiro atoms. The zero-order chi connectivity index (χ0) is 23.8. The van der Waals surface area contributed by atoms with E-state index in [4.69, 9.17) is 32.9 Å². The highest BCUT2D eigenvalue weighted by molar-refractivity contribution is 6.42. The average Bonchev–Trinajstić information content (AvgIpc) is 2.82. The van der Waals surface area contributed by atoms with Crippen molar-refractivity contribution in [3.63, 3.8) is 0 Å². The van der Waals surface area contributed by atoms with E-state index in [9.17, 15) is 9.59 Å². The number of ether oxygens (including phenoxy) is 1. The number of aromatic nitrogens is 2. The summed E-state index contributed by atoms with van der Waals surface area (Å²) in [7, 11) is 1.58. The van der Waals surface area contributed by atoms with E-state index >= 15 is 0 Å². The lowest BCUT2D eigenvalue weighted by molar-refractivity contribution is 0.0731. The maximum Gasteiger partial charge on any atom is 0.263 e. The van der Waals surface area contributed by atoms with Crippen molar-refractivity contribution < 1.29 is 9.53 Å². The summed E-state index contributed by atoms with van der Waals surface area (Å²) in [5.74, 6) is 0.894. The number of rotatable bonds is 5. The molecule has 0 bridgehead atoms. The molecule has 0 radical (unpaired) electrons. The lowest BCUT2D eigenvalue weighted by Crippen LogP contribution is -2.41. The first-order chi connectivity index (χ1) is 16.5. The molecule has 1 amide bonds. The van der Waals surface area contributed by atoms with Gasteiger partial charge in [0.2, 0.25) is 5.95 Å². The number of methoxy groups -OCH3 is 1. The van der Waals surface area contributed by atoms with Crippen LogP contribution in [-0.2, 0) is 13.0 Å². The Labute approximate surface area is 207 Å². The van der Waals surface area contributed by atoms with Crippen LogP contribution in [0.15, 0.2) is 47.3 Å². The van der Waals surface area contributed by atoms with Crippen molar-refractivity contribution in [2.75, 3.05) is 19.0 Å². The Bertz CT molecular complexity index is 1320. The normalized spacial score (nSPS) is 15.4. The second-order valence-electron chi connectivity index (χ2n) is 8.55. The standard InChI is InChI=1S/C25H24Cl2N4O3/c1-34-22-8-3-2-7-21(22)31-24(33)17-11-12-30(23(32)15-9-10-18(26)19(27)13-15)14-20(17)29-25(31)28-16-5-4-6-16/h2-3,7-10,13,16H,4-6,11-12,14H2,1H3,(H,28,29). The summed E-state index contributed by atoms with van der Waals surface area (Å²) >= 11 is 12.1. The number of carbonyl (C=O) groups excluding carboxylic acids is 1. The molecule has 0 unspecified atom stereocenters. The van der Waals surface area contributed by atoms with Gasteiger partial charge in [0, 0.05) is 23.7 Å². The van der Waals surface area contributed by atoms with Crippen LogP contribution in [0, 0.1) is 0 Å². The van der Waals surface area contributed by atoms with Crippen LogP contribution in [0.5, 0.6) is 5.75 Å². The molecule has 34 heavy (non-hydrogen) atoms. The van der Waals surface area contributed by atoms with Gasteiger partial charge < -0.3 is 15.0 Å². The van der Waals surface area contributed by atoms with Gasteiger partial charge in [0.15, 0.2) is 0 Å². The topological polar surface area (TPSA) is 76.5 Å². The summed E-state index contributed by atoms with van der Waals surface area (Å²) in [5, 5.41) is 4.16. The van der Waals surface area contributed by atoms with E-state index in [0.29, 0.717) is 57.2 Å². The highest BCUT2D eigenvalue weighted by Gasteiger charge is 2.29. The fourth-order valence-corrected chi connectivity index (χ4v) is 4.64. The number of halogens is 2. The molecule has 2 aromatic carbocycles. The molecule has 3 aromatic rings. The highest BCUT2D eigenvalue weighted by atomic mass is 35.5. The van der Waals surface area contributed by atoms with Crippen LogP contribution in [0.3, 0.4) is 0 Å². The zero-order valence-corrected chi connectivity index (χ0v) is 20.2. The van der Waals surface area contributed by atoms with Gasteiger partial charge in [0.1, 0.15) is 5.75 Å². The van der Waals surface area contributed by atoms with E-state index in [-0.39, 0.29) is 24.1 Å². The van der Waals surface area contributed by atoms with Crippen molar-refractivity contribution in [1.82, 2.24) is 14.5 Å². The number of hydrogen-bond donors (Lipinski definition) is 1. The minimum absolute atomic E-state index is 0.141.